The van der Waals surface area contributed by atoms with Crippen molar-refractivity contribution in [3.63, 3.8) is 0 Å². The van der Waals surface area contributed by atoms with Crippen LogP contribution in [-0.2, 0) is 10.0 Å². The maximum atomic E-state index is 13.3. The Bertz CT molecular complexity index is 1490. The molecule has 8 nitrogen and oxygen atoms in total. The van der Waals surface area contributed by atoms with Gasteiger partial charge in [-0.2, -0.15) is 18.2 Å². The van der Waals surface area contributed by atoms with Crippen LogP contribution in [0.2, 0.25) is 0 Å². The number of nitrogens with zero attached hydrogens (tertiary/aromatic N) is 3. The van der Waals surface area contributed by atoms with Crippen molar-refractivity contribution in [2.24, 2.45) is 5.14 Å². The van der Waals surface area contributed by atoms with Crippen LogP contribution < -0.4 is 15.8 Å². The number of hydrogen-bond donors (Lipinski definition) is 3. The monoisotopic (exact) mass is 520 g/mol. The number of halogens is 4. The molecule has 0 bridgehead atoms. The van der Waals surface area contributed by atoms with Gasteiger partial charge in [0.05, 0.1) is 22.1 Å². The lowest BCUT2D eigenvalue weighted by Crippen LogP contribution is -2.22. The first-order valence-electron chi connectivity index (χ1n) is 10.5. The Morgan fingerprint density at radius 3 is 2.22 bits per heavy atom. The fourth-order valence-corrected chi connectivity index (χ4v) is 3.91. The lowest BCUT2D eigenvalue weighted by molar-refractivity contribution is -0.115. The van der Waals surface area contributed by atoms with Gasteiger partial charge in [-0.25, -0.2) is 27.9 Å². The Morgan fingerprint density at radius 1 is 0.944 bits per heavy atom. The molecule has 2 aromatic heterocycles. The van der Waals surface area contributed by atoms with Crippen LogP contribution in [0.4, 0.5) is 29.3 Å². The second-order valence-corrected chi connectivity index (χ2v) is 9.48. The van der Waals surface area contributed by atoms with E-state index in [9.17, 15) is 26.0 Å². The van der Waals surface area contributed by atoms with Gasteiger partial charge < -0.3 is 10.6 Å². The van der Waals surface area contributed by atoms with Gasteiger partial charge in [-0.15, -0.1) is 0 Å². The number of nitrogens with two attached hydrogens (primary N) is 1. The van der Waals surface area contributed by atoms with E-state index in [0.29, 0.717) is 16.8 Å². The zero-order valence-corrected chi connectivity index (χ0v) is 19.5. The van der Waals surface area contributed by atoms with E-state index in [0.717, 1.165) is 0 Å². The molecule has 4 rings (SSSR count). The van der Waals surface area contributed by atoms with E-state index in [2.05, 4.69) is 25.6 Å². The number of rotatable bonds is 7. The molecule has 0 spiro atoms. The van der Waals surface area contributed by atoms with Gasteiger partial charge >= 0.3 is 6.18 Å². The van der Waals surface area contributed by atoms with E-state index in [1.807, 2.05) is 0 Å². The molecule has 4 aromatic rings. The number of nitrogens with one attached hydrogen (secondary N) is 2. The second kappa shape index (κ2) is 9.66. The van der Waals surface area contributed by atoms with Gasteiger partial charge in [0.15, 0.2) is 5.82 Å². The van der Waals surface area contributed by atoms with E-state index < -0.39 is 34.6 Å². The lowest BCUT2D eigenvalue weighted by Gasteiger charge is -2.17. The number of aromatic nitrogens is 3. The van der Waals surface area contributed by atoms with Crippen molar-refractivity contribution < 1.29 is 26.0 Å². The summed E-state index contributed by atoms with van der Waals surface area (Å²) in [4.78, 5) is 12.9. The Kier molecular flexibility index (Phi) is 6.78. The number of alkyl halides is 3. The standard InChI is InChI=1S/C23H20F4N6O2S/c1-13(14-4-8-17(9-5-14)36(28,34)35)30-22-32-19-11-10-18(15-2-6-16(24)7-3-15)31-20(19)21(33-22)29-12-23(25,26)27/h2-11,13H,12H2,1H3,(H2,28,34,35)(H2,29,30,32,33). The van der Waals surface area contributed by atoms with Gasteiger partial charge in [-0.1, -0.05) is 12.1 Å². The van der Waals surface area contributed by atoms with Gasteiger partial charge in [-0.3, -0.25) is 0 Å². The molecule has 0 aliphatic rings. The van der Waals surface area contributed by atoms with Crippen LogP contribution in [-0.4, -0.2) is 36.1 Å². The summed E-state index contributed by atoms with van der Waals surface area (Å²) in [7, 11) is -3.85. The third kappa shape index (κ3) is 6.04. The quantitative estimate of drug-likeness (QED) is 0.304. The SMILES string of the molecule is CC(Nc1nc(NCC(F)(F)F)c2nc(-c3ccc(F)cc3)ccc2n1)c1ccc(S(N)(=O)=O)cc1. The fourth-order valence-electron chi connectivity index (χ4n) is 3.39. The van der Waals surface area contributed by atoms with Crippen molar-refractivity contribution in [2.45, 2.75) is 24.0 Å². The molecule has 36 heavy (non-hydrogen) atoms. The minimum atomic E-state index is -4.50. The van der Waals surface area contributed by atoms with Gasteiger partial charge in [0.2, 0.25) is 16.0 Å². The summed E-state index contributed by atoms with van der Waals surface area (Å²) in [6.45, 7) is 0.407. The molecular weight excluding hydrogens is 500 g/mol. The molecule has 2 heterocycles. The van der Waals surface area contributed by atoms with Crippen molar-refractivity contribution in [1.29, 1.82) is 0 Å². The minimum absolute atomic E-state index is 0.0338. The second-order valence-electron chi connectivity index (χ2n) is 7.92. The Morgan fingerprint density at radius 2 is 1.61 bits per heavy atom. The van der Waals surface area contributed by atoms with Crippen molar-refractivity contribution in [3.8, 4) is 11.3 Å². The molecule has 2 aromatic carbocycles. The Labute approximate surface area is 203 Å². The Hall–Kier alpha value is -3.84. The van der Waals surface area contributed by atoms with Crippen LogP contribution in [0, 0.1) is 5.82 Å². The van der Waals surface area contributed by atoms with Crippen LogP contribution in [0.3, 0.4) is 0 Å². The third-order valence-electron chi connectivity index (χ3n) is 5.19. The molecule has 1 atom stereocenters. The molecule has 0 fully saturated rings. The number of anilines is 2. The molecular formula is C23H20F4N6O2S. The maximum absolute atomic E-state index is 13.3. The summed E-state index contributed by atoms with van der Waals surface area (Å²) >= 11 is 0. The van der Waals surface area contributed by atoms with Crippen molar-refractivity contribution in [2.75, 3.05) is 17.2 Å². The molecule has 1 unspecified atom stereocenters. The van der Waals surface area contributed by atoms with Crippen LogP contribution in [0.5, 0.6) is 0 Å². The maximum Gasteiger partial charge on any atom is 0.405 e. The number of pyridine rings is 1. The predicted molar refractivity (Wildman–Crippen MR) is 127 cm³/mol. The van der Waals surface area contributed by atoms with Crippen LogP contribution in [0.15, 0.2) is 65.6 Å². The number of benzene rings is 2. The summed E-state index contributed by atoms with van der Waals surface area (Å²) in [5, 5.41) is 10.4. The van der Waals surface area contributed by atoms with Crippen LogP contribution in [0.25, 0.3) is 22.3 Å². The number of sulfonamides is 1. The first kappa shape index (κ1) is 25.3. The number of hydrogen-bond acceptors (Lipinski definition) is 7. The topological polar surface area (TPSA) is 123 Å². The summed E-state index contributed by atoms with van der Waals surface area (Å²) in [5.74, 6) is -0.536. The van der Waals surface area contributed by atoms with Gasteiger partial charge in [-0.05, 0) is 61.0 Å². The zero-order valence-electron chi connectivity index (χ0n) is 18.7. The lowest BCUT2D eigenvalue weighted by atomic mass is 10.1. The molecule has 0 aliphatic heterocycles. The zero-order chi connectivity index (χ0) is 26.1. The highest BCUT2D eigenvalue weighted by Gasteiger charge is 2.27. The summed E-state index contributed by atoms with van der Waals surface area (Å²) < 4.78 is 75.0. The number of fused-ring (bicyclic) bond motifs is 1. The Balaban J connectivity index is 1.69. The van der Waals surface area contributed by atoms with E-state index >= 15 is 0 Å². The van der Waals surface area contributed by atoms with Crippen molar-refractivity contribution in [1.82, 2.24) is 15.0 Å². The van der Waals surface area contributed by atoms with E-state index in [1.54, 1.807) is 31.2 Å². The highest BCUT2D eigenvalue weighted by molar-refractivity contribution is 7.89. The highest BCUT2D eigenvalue weighted by atomic mass is 32.2. The van der Waals surface area contributed by atoms with E-state index in [-0.39, 0.29) is 27.7 Å². The molecule has 0 radical (unpaired) electrons. The molecule has 0 saturated carbocycles. The first-order valence-corrected chi connectivity index (χ1v) is 12.1. The highest BCUT2D eigenvalue weighted by Crippen LogP contribution is 2.28. The van der Waals surface area contributed by atoms with Crippen molar-refractivity contribution >= 4 is 32.8 Å². The third-order valence-corrected chi connectivity index (χ3v) is 6.12. The molecule has 0 amide bonds. The molecule has 188 valence electrons. The normalized spacial score (nSPS) is 12.9. The smallest absolute Gasteiger partial charge is 0.359 e. The summed E-state index contributed by atoms with van der Waals surface area (Å²) in [5.41, 5.74) is 2.03. The van der Waals surface area contributed by atoms with Gasteiger partial charge in [0.25, 0.3) is 0 Å². The first-order chi connectivity index (χ1) is 16.9. The summed E-state index contributed by atoms with van der Waals surface area (Å²) in [6, 6.07) is 14.1. The average Bonchev–Trinajstić information content (AvgIpc) is 2.82. The van der Waals surface area contributed by atoms with E-state index in [1.165, 1.54) is 36.4 Å². The molecule has 4 N–H and O–H groups in total. The molecule has 0 aliphatic carbocycles. The average molecular weight is 521 g/mol. The van der Waals surface area contributed by atoms with Crippen molar-refractivity contribution in [3.05, 3.63) is 72.0 Å². The van der Waals surface area contributed by atoms with Gasteiger partial charge in [0, 0.05) is 5.56 Å². The molecule has 0 saturated heterocycles. The van der Waals surface area contributed by atoms with Crippen LogP contribution >= 0.6 is 0 Å². The number of primary sulfonamides is 1. The largest absolute Gasteiger partial charge is 0.405 e. The van der Waals surface area contributed by atoms with Crippen LogP contribution in [0.1, 0.15) is 18.5 Å². The molecule has 13 heteroatoms. The van der Waals surface area contributed by atoms with Gasteiger partial charge in [0.1, 0.15) is 17.9 Å². The minimum Gasteiger partial charge on any atom is -0.359 e. The summed E-state index contributed by atoms with van der Waals surface area (Å²) in [6.07, 6.45) is -4.50. The predicted octanol–water partition coefficient (Wildman–Crippen LogP) is 4.63. The fraction of sp³-hybridized carbons (Fsp3) is 0.174. The van der Waals surface area contributed by atoms with E-state index in [4.69, 9.17) is 5.14 Å².